The Labute approximate surface area is 180 Å². The molecule has 1 heterocycles. The van der Waals surface area contributed by atoms with Crippen molar-refractivity contribution in [3.8, 4) is 22.1 Å². The van der Waals surface area contributed by atoms with E-state index in [1.807, 2.05) is 24.3 Å². The van der Waals surface area contributed by atoms with Crippen LogP contribution in [0.15, 0.2) is 65.1 Å². The first-order chi connectivity index (χ1) is 14.2. The van der Waals surface area contributed by atoms with Crippen LogP contribution in [0.5, 0.6) is 11.5 Å². The minimum Gasteiger partial charge on any atom is -0.449 e. The van der Waals surface area contributed by atoms with Crippen LogP contribution >= 0.6 is 27.3 Å². The van der Waals surface area contributed by atoms with Crippen molar-refractivity contribution in [2.45, 2.75) is 6.18 Å². The molecule has 0 fully saturated rings. The molecule has 3 aromatic carbocycles. The number of nitro benzene ring substituents is 1. The predicted molar refractivity (Wildman–Crippen MR) is 111 cm³/mol. The van der Waals surface area contributed by atoms with Gasteiger partial charge in [0.15, 0.2) is 0 Å². The third-order valence-electron chi connectivity index (χ3n) is 4.18. The van der Waals surface area contributed by atoms with Gasteiger partial charge in [-0.3, -0.25) is 10.1 Å². The monoisotopic (exact) mass is 494 g/mol. The van der Waals surface area contributed by atoms with E-state index in [1.165, 1.54) is 11.3 Å². The smallest absolute Gasteiger partial charge is 0.416 e. The van der Waals surface area contributed by atoms with E-state index in [0.29, 0.717) is 10.5 Å². The molecule has 0 aliphatic heterocycles. The van der Waals surface area contributed by atoms with Crippen molar-refractivity contribution in [1.29, 1.82) is 0 Å². The van der Waals surface area contributed by atoms with E-state index in [0.717, 1.165) is 32.9 Å². The number of fused-ring (bicyclic) bond motifs is 1. The molecule has 4 aromatic rings. The SMILES string of the molecule is O=[N+]([O-])c1cc(C(F)(F)F)ccc1Oc1ccc(-c2nc3ccccc3s2)cc1Br. The molecule has 152 valence electrons. The van der Waals surface area contributed by atoms with Crippen LogP contribution in [0, 0.1) is 10.1 Å². The summed E-state index contributed by atoms with van der Waals surface area (Å²) in [5.41, 5.74) is -0.217. The maximum absolute atomic E-state index is 12.9. The lowest BCUT2D eigenvalue weighted by Gasteiger charge is -2.11. The van der Waals surface area contributed by atoms with Crippen LogP contribution in [0.1, 0.15) is 5.56 Å². The van der Waals surface area contributed by atoms with E-state index in [4.69, 9.17) is 4.74 Å². The van der Waals surface area contributed by atoms with Gasteiger partial charge in [0, 0.05) is 11.6 Å². The number of para-hydroxylation sites is 1. The molecule has 4 rings (SSSR count). The van der Waals surface area contributed by atoms with Crippen LogP contribution in [0.2, 0.25) is 0 Å². The number of hydrogen-bond acceptors (Lipinski definition) is 5. The molecule has 10 heteroatoms. The Kier molecular flexibility index (Phi) is 5.20. The van der Waals surface area contributed by atoms with Gasteiger partial charge < -0.3 is 4.74 Å². The summed E-state index contributed by atoms with van der Waals surface area (Å²) < 4.78 is 45.6. The number of nitro groups is 1. The topological polar surface area (TPSA) is 65.3 Å². The molecule has 0 radical (unpaired) electrons. The molecule has 0 saturated heterocycles. The molecule has 0 bridgehead atoms. The minimum atomic E-state index is -4.69. The second-order valence-electron chi connectivity index (χ2n) is 6.17. The number of ether oxygens (including phenoxy) is 1. The summed E-state index contributed by atoms with van der Waals surface area (Å²) in [5.74, 6) is -0.0656. The molecule has 0 N–H and O–H groups in total. The summed E-state index contributed by atoms with van der Waals surface area (Å²) in [6, 6.07) is 14.9. The Balaban J connectivity index is 1.66. The first kappa shape index (κ1) is 20.3. The highest BCUT2D eigenvalue weighted by molar-refractivity contribution is 9.10. The summed E-state index contributed by atoms with van der Waals surface area (Å²) in [5, 5.41) is 12.0. The zero-order valence-corrected chi connectivity index (χ0v) is 17.2. The fourth-order valence-electron chi connectivity index (χ4n) is 2.75. The van der Waals surface area contributed by atoms with E-state index in [-0.39, 0.29) is 11.5 Å². The summed E-state index contributed by atoms with van der Waals surface area (Å²) in [6.07, 6.45) is -4.69. The maximum atomic E-state index is 12.9. The molecule has 0 amide bonds. The van der Waals surface area contributed by atoms with Crippen LogP contribution in [0.3, 0.4) is 0 Å². The van der Waals surface area contributed by atoms with Gasteiger partial charge >= 0.3 is 11.9 Å². The van der Waals surface area contributed by atoms with Crippen LogP contribution in [-0.4, -0.2) is 9.91 Å². The number of halogens is 4. The maximum Gasteiger partial charge on any atom is 0.416 e. The van der Waals surface area contributed by atoms with Crippen molar-refractivity contribution >= 4 is 43.2 Å². The van der Waals surface area contributed by atoms with Gasteiger partial charge in [0.05, 0.1) is 25.2 Å². The van der Waals surface area contributed by atoms with Gasteiger partial charge in [-0.2, -0.15) is 13.2 Å². The molecule has 1 aromatic heterocycles. The Hall–Kier alpha value is -2.98. The number of aromatic nitrogens is 1. The van der Waals surface area contributed by atoms with Gasteiger partial charge in [-0.1, -0.05) is 12.1 Å². The average Bonchev–Trinajstić information content (AvgIpc) is 3.13. The molecule has 30 heavy (non-hydrogen) atoms. The molecule has 0 unspecified atom stereocenters. The summed E-state index contributed by atoms with van der Waals surface area (Å²) in [4.78, 5) is 14.9. The first-order valence-electron chi connectivity index (χ1n) is 8.41. The highest BCUT2D eigenvalue weighted by atomic mass is 79.9. The molecule has 0 atom stereocenters. The molecular weight excluding hydrogens is 485 g/mol. The molecular formula is C20H10BrF3N2O3S. The standard InChI is InChI=1S/C20H10BrF3N2O3S/c21-13-9-11(19-25-14-3-1-2-4-18(14)30-19)5-7-16(13)29-17-8-6-12(20(22,23)24)10-15(17)26(27)28/h1-10H. The quantitative estimate of drug-likeness (QED) is 0.218. The van der Waals surface area contributed by atoms with Crippen molar-refractivity contribution in [3.05, 3.63) is 80.8 Å². The number of benzene rings is 3. The lowest BCUT2D eigenvalue weighted by atomic mass is 10.2. The highest BCUT2D eigenvalue weighted by Crippen LogP contribution is 2.41. The third-order valence-corrected chi connectivity index (χ3v) is 5.88. The molecule has 0 aliphatic rings. The van der Waals surface area contributed by atoms with Gasteiger partial charge in [0.25, 0.3) is 0 Å². The minimum absolute atomic E-state index is 0.225. The first-order valence-corrected chi connectivity index (χ1v) is 10.0. The summed E-state index contributed by atoms with van der Waals surface area (Å²) >= 11 is 4.87. The highest BCUT2D eigenvalue weighted by Gasteiger charge is 2.33. The van der Waals surface area contributed by atoms with Crippen molar-refractivity contribution in [2.75, 3.05) is 0 Å². The molecule has 0 spiro atoms. The Bertz CT molecular complexity index is 1240. The summed E-state index contributed by atoms with van der Waals surface area (Å²) in [6.45, 7) is 0. The number of alkyl halides is 3. The van der Waals surface area contributed by atoms with E-state index in [9.17, 15) is 23.3 Å². The summed E-state index contributed by atoms with van der Waals surface area (Å²) in [7, 11) is 0. The molecule has 0 aliphatic carbocycles. The third kappa shape index (κ3) is 4.01. The average molecular weight is 495 g/mol. The van der Waals surface area contributed by atoms with E-state index in [2.05, 4.69) is 20.9 Å². The lowest BCUT2D eigenvalue weighted by molar-refractivity contribution is -0.385. The largest absolute Gasteiger partial charge is 0.449 e. The zero-order valence-electron chi connectivity index (χ0n) is 14.8. The number of rotatable bonds is 4. The van der Waals surface area contributed by atoms with Crippen molar-refractivity contribution in [3.63, 3.8) is 0 Å². The van der Waals surface area contributed by atoms with Gasteiger partial charge in [-0.05, 0) is 58.4 Å². The fourth-order valence-corrected chi connectivity index (χ4v) is 4.18. The Morgan fingerprint density at radius 3 is 2.43 bits per heavy atom. The van der Waals surface area contributed by atoms with Crippen LogP contribution < -0.4 is 4.74 Å². The van der Waals surface area contributed by atoms with Crippen LogP contribution in [0.25, 0.3) is 20.8 Å². The van der Waals surface area contributed by atoms with Gasteiger partial charge in [-0.15, -0.1) is 11.3 Å². The Morgan fingerprint density at radius 1 is 1.03 bits per heavy atom. The number of nitrogens with zero attached hydrogens (tertiary/aromatic N) is 2. The van der Waals surface area contributed by atoms with Crippen molar-refractivity contribution < 1.29 is 22.8 Å². The van der Waals surface area contributed by atoms with Crippen molar-refractivity contribution in [1.82, 2.24) is 4.98 Å². The van der Waals surface area contributed by atoms with Gasteiger partial charge in [0.1, 0.15) is 10.8 Å². The van der Waals surface area contributed by atoms with Gasteiger partial charge in [-0.25, -0.2) is 4.98 Å². The number of hydrogen-bond donors (Lipinski definition) is 0. The second-order valence-corrected chi connectivity index (χ2v) is 8.06. The van der Waals surface area contributed by atoms with Crippen molar-refractivity contribution in [2.24, 2.45) is 0 Å². The van der Waals surface area contributed by atoms with Gasteiger partial charge in [0.2, 0.25) is 5.75 Å². The Morgan fingerprint density at radius 2 is 1.77 bits per heavy atom. The predicted octanol–water partition coefficient (Wildman–Crippen LogP) is 7.45. The normalized spacial score (nSPS) is 11.6. The van der Waals surface area contributed by atoms with E-state index >= 15 is 0 Å². The van der Waals surface area contributed by atoms with Crippen LogP contribution in [-0.2, 0) is 6.18 Å². The number of thiazole rings is 1. The fraction of sp³-hybridized carbons (Fsp3) is 0.0500. The van der Waals surface area contributed by atoms with Crippen LogP contribution in [0.4, 0.5) is 18.9 Å². The lowest BCUT2D eigenvalue weighted by Crippen LogP contribution is -2.06. The van der Waals surface area contributed by atoms with E-state index < -0.39 is 22.4 Å². The molecule has 5 nitrogen and oxygen atoms in total. The zero-order chi connectivity index (χ0) is 21.5. The second kappa shape index (κ2) is 7.69. The molecule has 0 saturated carbocycles. The van der Waals surface area contributed by atoms with E-state index in [1.54, 1.807) is 18.2 Å².